The van der Waals surface area contributed by atoms with Gasteiger partial charge in [-0.25, -0.2) is 4.79 Å². The zero-order valence-corrected chi connectivity index (χ0v) is 29.3. The maximum Gasteiger partial charge on any atom is 0.508 e. The molecule has 0 saturated carbocycles. The van der Waals surface area contributed by atoms with E-state index in [9.17, 15) is 14.4 Å². The number of ketones is 1. The van der Waals surface area contributed by atoms with Crippen molar-refractivity contribution < 1.29 is 33.0 Å². The van der Waals surface area contributed by atoms with Crippen LogP contribution in [0.3, 0.4) is 0 Å². The van der Waals surface area contributed by atoms with Crippen LogP contribution in [0.1, 0.15) is 82.6 Å². The van der Waals surface area contributed by atoms with Gasteiger partial charge in [-0.1, -0.05) is 83.3 Å². The Balaban J connectivity index is 6.48. The Morgan fingerprint density at radius 3 is 1.80 bits per heavy atom. The number of terminal acetylenes is 1. The number of carbonyl (C=O) groups is 3. The lowest BCUT2D eigenvalue weighted by Gasteiger charge is -2.44. The normalized spacial score (nSPS) is 16.6. The maximum absolute atomic E-state index is 14.3. The van der Waals surface area contributed by atoms with Gasteiger partial charge in [0.15, 0.2) is 8.32 Å². The number of hydrogen-bond donors (Lipinski definition) is 0. The molecule has 5 atom stereocenters. The number of Topliss-reactive ketones (excluding diaryl/α,β-unsaturated/α-hetero) is 1. The molecule has 40 heavy (non-hydrogen) atoms. The van der Waals surface area contributed by atoms with Crippen LogP contribution >= 0.6 is 34.8 Å². The summed E-state index contributed by atoms with van der Waals surface area (Å²) >= 11 is 17.1. The van der Waals surface area contributed by atoms with Gasteiger partial charge in [-0.3, -0.25) is 9.59 Å². The second kappa shape index (κ2) is 16.0. The van der Waals surface area contributed by atoms with Crippen LogP contribution in [0.25, 0.3) is 0 Å². The largest absolute Gasteiger partial charge is 0.508 e. The Hall–Kier alpha value is -0.983. The summed E-state index contributed by atoms with van der Waals surface area (Å²) in [6.45, 7) is 19.8. The Labute approximate surface area is 257 Å². The molecule has 0 aliphatic heterocycles. The van der Waals surface area contributed by atoms with Crippen molar-refractivity contribution in [1.29, 1.82) is 0 Å². The summed E-state index contributed by atoms with van der Waals surface area (Å²) in [6, 6.07) is 2.49. The number of rotatable bonds is 15. The lowest BCUT2D eigenvalue weighted by Crippen LogP contribution is -2.55. The summed E-state index contributed by atoms with van der Waals surface area (Å²) < 4.78 is 21.3. The molecule has 0 spiro atoms. The van der Waals surface area contributed by atoms with E-state index < -0.39 is 71.8 Å². The number of carbonyl (C=O) groups excluding carboxylic acids is 3. The Kier molecular flexibility index (Phi) is 15.6. The molecule has 0 saturated heterocycles. The molecule has 0 heterocycles. The van der Waals surface area contributed by atoms with Crippen molar-refractivity contribution in [3.63, 3.8) is 0 Å². The second-order valence-electron chi connectivity index (χ2n) is 12.1. The smallest absolute Gasteiger partial charge is 0.460 e. The molecule has 0 N–H and O–H groups in total. The molecule has 0 aromatic rings. The third-order valence-corrected chi connectivity index (χ3v) is 12.3. The molecule has 0 radical (unpaired) electrons. The molecule has 0 aromatic carbocycles. The predicted molar refractivity (Wildman–Crippen MR) is 164 cm³/mol. The van der Waals surface area contributed by atoms with E-state index in [1.165, 1.54) is 0 Å². The third kappa shape index (κ3) is 12.1. The molecule has 0 rings (SSSR count). The van der Waals surface area contributed by atoms with Gasteiger partial charge in [-0.15, -0.1) is 12.3 Å². The van der Waals surface area contributed by atoms with Crippen molar-refractivity contribution >= 4 is 61.0 Å². The van der Waals surface area contributed by atoms with Crippen molar-refractivity contribution in [3.05, 3.63) is 0 Å². The Morgan fingerprint density at radius 1 is 0.900 bits per heavy atom. The second-order valence-corrected chi connectivity index (χ2v) is 19.3. The molecule has 0 amide bonds. The molecule has 11 heteroatoms. The summed E-state index contributed by atoms with van der Waals surface area (Å²) in [6.07, 6.45) is 2.99. The van der Waals surface area contributed by atoms with Gasteiger partial charge < -0.3 is 18.6 Å². The minimum atomic E-state index is -2.28. The fraction of sp³-hybridized carbons (Fsp3) is 0.828. The molecular weight excluding hydrogens is 595 g/mol. The highest BCUT2D eigenvalue weighted by molar-refractivity contribution is 6.73. The van der Waals surface area contributed by atoms with Gasteiger partial charge in [-0.2, -0.15) is 0 Å². The van der Waals surface area contributed by atoms with E-state index >= 15 is 0 Å². The van der Waals surface area contributed by atoms with Crippen molar-refractivity contribution in [3.8, 4) is 12.3 Å². The topological polar surface area (TPSA) is 88.1 Å². The summed E-state index contributed by atoms with van der Waals surface area (Å²) in [5, 5.41) is 0. The zero-order valence-electron chi connectivity index (χ0n) is 26.0. The molecule has 0 aliphatic carbocycles. The fourth-order valence-electron chi connectivity index (χ4n) is 4.84. The van der Waals surface area contributed by atoms with Crippen LogP contribution < -0.4 is 0 Å². The molecule has 0 aromatic heterocycles. The highest BCUT2D eigenvalue weighted by Crippen LogP contribution is 2.40. The monoisotopic (exact) mass is 642 g/mol. The summed E-state index contributed by atoms with van der Waals surface area (Å²) in [4.78, 5) is 40.0. The minimum absolute atomic E-state index is 0.242. The Bertz CT molecular complexity index is 877. The van der Waals surface area contributed by atoms with Crippen molar-refractivity contribution in [2.75, 3.05) is 6.61 Å². The highest BCUT2D eigenvalue weighted by Gasteiger charge is 2.50. The standard InChI is InChI=1S/C29H49Cl3O7Si/c1-13-17-19(5)22(37-26(35)36-18-29(30,31)32)20(6)23(33)28(11,12)24(39-40(14-2,15-3)16-4)21(7)25(34)38-27(8,9)10/h1,19-22,24H,14-18H2,2-12H3/t19-,20+,21-,22-,24?/m0/s1. The first kappa shape index (κ1) is 39.0. The van der Waals surface area contributed by atoms with Gasteiger partial charge in [0.2, 0.25) is 3.79 Å². The van der Waals surface area contributed by atoms with E-state index in [0.29, 0.717) is 0 Å². The molecule has 7 nitrogen and oxygen atoms in total. The van der Waals surface area contributed by atoms with Gasteiger partial charge in [-0.05, 0) is 45.8 Å². The fourth-order valence-corrected chi connectivity index (χ4v) is 8.04. The van der Waals surface area contributed by atoms with Crippen LogP contribution in [-0.2, 0) is 28.2 Å². The zero-order chi connectivity index (χ0) is 31.7. The molecule has 232 valence electrons. The van der Waals surface area contributed by atoms with Gasteiger partial charge in [0.25, 0.3) is 0 Å². The van der Waals surface area contributed by atoms with Gasteiger partial charge in [0, 0.05) is 17.8 Å². The molecule has 1 unspecified atom stereocenters. The van der Waals surface area contributed by atoms with E-state index in [2.05, 4.69) is 26.7 Å². The van der Waals surface area contributed by atoms with Crippen LogP contribution in [0, 0.1) is 35.5 Å². The van der Waals surface area contributed by atoms with Gasteiger partial charge in [0.1, 0.15) is 24.1 Å². The van der Waals surface area contributed by atoms with Crippen LogP contribution in [0.5, 0.6) is 0 Å². The minimum Gasteiger partial charge on any atom is -0.460 e. The summed E-state index contributed by atoms with van der Waals surface area (Å²) in [5.41, 5.74) is -1.87. The van der Waals surface area contributed by atoms with Crippen LogP contribution in [0.2, 0.25) is 18.1 Å². The lowest BCUT2D eigenvalue weighted by molar-refractivity contribution is -0.167. The molecule has 0 fully saturated rings. The van der Waals surface area contributed by atoms with Crippen LogP contribution in [-0.4, -0.2) is 54.4 Å². The van der Waals surface area contributed by atoms with Crippen molar-refractivity contribution in [2.45, 2.75) is 122 Å². The predicted octanol–water partition coefficient (Wildman–Crippen LogP) is 8.14. The number of ether oxygens (including phenoxy) is 3. The van der Waals surface area contributed by atoms with Crippen LogP contribution in [0.4, 0.5) is 4.79 Å². The number of hydrogen-bond acceptors (Lipinski definition) is 7. The summed E-state index contributed by atoms with van der Waals surface area (Å²) in [7, 11) is -2.28. The quantitative estimate of drug-likeness (QED) is 0.0770. The third-order valence-electron chi connectivity index (χ3n) is 7.38. The maximum atomic E-state index is 14.3. The van der Waals surface area contributed by atoms with Gasteiger partial charge >= 0.3 is 12.1 Å². The summed E-state index contributed by atoms with van der Waals surface area (Å²) in [5.74, 6) is -0.0877. The van der Waals surface area contributed by atoms with Crippen LogP contribution in [0.15, 0.2) is 0 Å². The molecule has 0 bridgehead atoms. The Morgan fingerprint density at radius 2 is 1.40 bits per heavy atom. The average Bonchev–Trinajstić information content (AvgIpc) is 2.84. The number of esters is 1. The van der Waals surface area contributed by atoms with E-state index in [-0.39, 0.29) is 12.2 Å². The van der Waals surface area contributed by atoms with E-state index in [4.69, 9.17) is 59.9 Å². The molecular formula is C29H49Cl3O7Si. The van der Waals surface area contributed by atoms with E-state index in [1.54, 1.807) is 55.4 Å². The first-order valence-electron chi connectivity index (χ1n) is 13.9. The molecule has 0 aliphatic rings. The average molecular weight is 644 g/mol. The van der Waals surface area contributed by atoms with E-state index in [0.717, 1.165) is 18.1 Å². The number of halogens is 3. The first-order chi connectivity index (χ1) is 18.1. The number of alkyl halides is 3. The highest BCUT2D eigenvalue weighted by atomic mass is 35.6. The van der Waals surface area contributed by atoms with Crippen molar-refractivity contribution in [1.82, 2.24) is 0 Å². The van der Waals surface area contributed by atoms with Gasteiger partial charge in [0.05, 0.1) is 17.9 Å². The lowest BCUT2D eigenvalue weighted by atomic mass is 9.71. The van der Waals surface area contributed by atoms with Crippen molar-refractivity contribution in [2.24, 2.45) is 23.2 Å². The first-order valence-corrected chi connectivity index (χ1v) is 17.6. The SMILES string of the molecule is C#CC[C@H](C)[C@H](OC(=O)OCC(Cl)(Cl)Cl)[C@@H](C)C(=O)C(C)(C)C(O[Si](CC)(CC)CC)[C@H](C)C(=O)OC(C)(C)C. The van der Waals surface area contributed by atoms with E-state index in [1.807, 2.05) is 0 Å².